The number of hydrogen-bond acceptors (Lipinski definition) is 5. The fourth-order valence-corrected chi connectivity index (χ4v) is 2.92. The number of nitrogens with zero attached hydrogens (tertiary/aromatic N) is 3. The Bertz CT molecular complexity index is 790. The number of amides is 1. The third kappa shape index (κ3) is 3.83. The molecule has 1 heterocycles. The van der Waals surface area contributed by atoms with E-state index in [-0.39, 0.29) is 11.7 Å². The van der Waals surface area contributed by atoms with Gasteiger partial charge in [-0.2, -0.15) is 0 Å². The summed E-state index contributed by atoms with van der Waals surface area (Å²) in [6.45, 7) is 2.57. The van der Waals surface area contributed by atoms with E-state index in [4.69, 9.17) is 4.42 Å². The number of carbonyl (C=O) groups is 1. The molecule has 0 saturated carbocycles. The molecule has 122 valence electrons. The average Bonchev–Trinajstić information content (AvgIpc) is 3.11. The van der Waals surface area contributed by atoms with Crippen LogP contribution in [0.15, 0.2) is 70.3 Å². The Labute approximate surface area is 144 Å². The number of rotatable bonds is 6. The minimum absolute atomic E-state index is 0.00756. The van der Waals surface area contributed by atoms with Crippen molar-refractivity contribution in [2.75, 3.05) is 17.2 Å². The van der Waals surface area contributed by atoms with Crippen LogP contribution in [-0.4, -0.2) is 28.4 Å². The molecular weight excluding hydrogens is 322 g/mol. The monoisotopic (exact) mass is 339 g/mol. The first kappa shape index (κ1) is 16.3. The Morgan fingerprint density at radius 3 is 2.38 bits per heavy atom. The van der Waals surface area contributed by atoms with Crippen molar-refractivity contribution in [3.63, 3.8) is 0 Å². The van der Waals surface area contributed by atoms with Gasteiger partial charge in [0.05, 0.1) is 5.75 Å². The van der Waals surface area contributed by atoms with Gasteiger partial charge in [0.2, 0.25) is 11.8 Å². The fraction of sp³-hybridized carbons (Fsp3) is 0.167. The lowest BCUT2D eigenvalue weighted by molar-refractivity contribution is -0.116. The van der Waals surface area contributed by atoms with Crippen molar-refractivity contribution in [2.45, 2.75) is 12.1 Å². The molecule has 3 rings (SSSR count). The number of hydrogen-bond donors (Lipinski definition) is 0. The minimum atomic E-state index is 0.00756. The molecule has 1 amide bonds. The summed E-state index contributed by atoms with van der Waals surface area (Å²) in [5, 5.41) is 8.42. The quantitative estimate of drug-likeness (QED) is 0.638. The van der Waals surface area contributed by atoms with Crippen LogP contribution in [0.25, 0.3) is 11.5 Å². The SMILES string of the molecule is CCN(C(=O)CSc1nnc(-c2ccccc2)o1)c1ccccc1. The molecule has 0 aliphatic carbocycles. The van der Waals surface area contributed by atoms with E-state index in [1.165, 1.54) is 11.8 Å². The minimum Gasteiger partial charge on any atom is -0.411 e. The lowest BCUT2D eigenvalue weighted by Gasteiger charge is -2.20. The normalized spacial score (nSPS) is 10.5. The van der Waals surface area contributed by atoms with Crippen LogP contribution >= 0.6 is 11.8 Å². The van der Waals surface area contributed by atoms with E-state index in [0.29, 0.717) is 17.7 Å². The topological polar surface area (TPSA) is 59.2 Å². The van der Waals surface area contributed by atoms with Gasteiger partial charge in [-0.15, -0.1) is 10.2 Å². The molecule has 3 aromatic rings. The van der Waals surface area contributed by atoms with Crippen LogP contribution in [0.2, 0.25) is 0 Å². The number of para-hydroxylation sites is 1. The van der Waals surface area contributed by atoms with Crippen molar-refractivity contribution in [3.8, 4) is 11.5 Å². The summed E-state index contributed by atoms with van der Waals surface area (Å²) in [5.41, 5.74) is 1.75. The maximum atomic E-state index is 12.4. The summed E-state index contributed by atoms with van der Waals surface area (Å²) >= 11 is 1.25. The molecule has 0 radical (unpaired) electrons. The number of carbonyl (C=O) groups excluding carboxylic acids is 1. The fourth-order valence-electron chi connectivity index (χ4n) is 2.28. The molecule has 0 aliphatic rings. The van der Waals surface area contributed by atoms with E-state index < -0.39 is 0 Å². The van der Waals surface area contributed by atoms with Crippen LogP contribution in [0.1, 0.15) is 6.92 Å². The standard InChI is InChI=1S/C18H17N3O2S/c1-2-21(15-11-7-4-8-12-15)16(22)13-24-18-20-19-17(23-18)14-9-5-3-6-10-14/h3-12H,2,13H2,1H3. The van der Waals surface area contributed by atoms with Crippen molar-refractivity contribution >= 4 is 23.4 Å². The Morgan fingerprint density at radius 2 is 1.71 bits per heavy atom. The summed E-state index contributed by atoms with van der Waals surface area (Å²) < 4.78 is 5.61. The third-order valence-electron chi connectivity index (χ3n) is 3.43. The van der Waals surface area contributed by atoms with E-state index in [2.05, 4.69) is 10.2 Å². The second kappa shape index (κ2) is 7.79. The van der Waals surface area contributed by atoms with Gasteiger partial charge in [0.15, 0.2) is 0 Å². The highest BCUT2D eigenvalue weighted by Crippen LogP contribution is 2.24. The lowest BCUT2D eigenvalue weighted by atomic mass is 10.2. The molecule has 24 heavy (non-hydrogen) atoms. The Kier molecular flexibility index (Phi) is 5.28. The molecule has 0 saturated heterocycles. The maximum absolute atomic E-state index is 12.4. The number of aromatic nitrogens is 2. The molecule has 1 aromatic heterocycles. The van der Waals surface area contributed by atoms with Gasteiger partial charge in [0.25, 0.3) is 5.22 Å². The summed E-state index contributed by atoms with van der Waals surface area (Å²) in [6.07, 6.45) is 0. The van der Waals surface area contributed by atoms with Gasteiger partial charge in [-0.1, -0.05) is 48.2 Å². The van der Waals surface area contributed by atoms with Crippen molar-refractivity contribution in [3.05, 3.63) is 60.7 Å². The van der Waals surface area contributed by atoms with Gasteiger partial charge in [0.1, 0.15) is 0 Å². The van der Waals surface area contributed by atoms with Gasteiger partial charge in [-0.05, 0) is 31.2 Å². The van der Waals surface area contributed by atoms with Crippen LogP contribution in [0.5, 0.6) is 0 Å². The molecule has 0 fully saturated rings. The predicted octanol–water partition coefficient (Wildman–Crippen LogP) is 3.88. The zero-order valence-corrected chi connectivity index (χ0v) is 14.1. The second-order valence-corrected chi connectivity index (χ2v) is 5.93. The van der Waals surface area contributed by atoms with Gasteiger partial charge >= 0.3 is 0 Å². The highest BCUT2D eigenvalue weighted by molar-refractivity contribution is 7.99. The summed E-state index contributed by atoms with van der Waals surface area (Å²) in [5.74, 6) is 0.716. The summed E-state index contributed by atoms with van der Waals surface area (Å²) in [7, 11) is 0. The van der Waals surface area contributed by atoms with Gasteiger partial charge in [-0.3, -0.25) is 4.79 Å². The Morgan fingerprint density at radius 1 is 1.04 bits per heavy atom. The predicted molar refractivity (Wildman–Crippen MR) is 94.9 cm³/mol. The third-order valence-corrected chi connectivity index (χ3v) is 4.23. The van der Waals surface area contributed by atoms with E-state index >= 15 is 0 Å². The first-order chi connectivity index (χ1) is 11.8. The molecule has 0 N–H and O–H groups in total. The highest BCUT2D eigenvalue weighted by Gasteiger charge is 2.16. The molecule has 6 heteroatoms. The molecule has 0 aliphatic heterocycles. The summed E-state index contributed by atoms with van der Waals surface area (Å²) in [6, 6.07) is 19.2. The number of anilines is 1. The molecule has 5 nitrogen and oxygen atoms in total. The lowest BCUT2D eigenvalue weighted by Crippen LogP contribution is -2.32. The van der Waals surface area contributed by atoms with Gasteiger partial charge in [0, 0.05) is 17.8 Å². The maximum Gasteiger partial charge on any atom is 0.277 e. The molecule has 0 unspecified atom stereocenters. The van der Waals surface area contributed by atoms with Crippen molar-refractivity contribution < 1.29 is 9.21 Å². The van der Waals surface area contributed by atoms with E-state index in [0.717, 1.165) is 11.3 Å². The van der Waals surface area contributed by atoms with Gasteiger partial charge < -0.3 is 9.32 Å². The largest absolute Gasteiger partial charge is 0.411 e. The van der Waals surface area contributed by atoms with Crippen LogP contribution in [-0.2, 0) is 4.79 Å². The molecule has 0 atom stereocenters. The molecule has 0 bridgehead atoms. The van der Waals surface area contributed by atoms with E-state index in [9.17, 15) is 4.79 Å². The van der Waals surface area contributed by atoms with Crippen LogP contribution < -0.4 is 4.90 Å². The van der Waals surface area contributed by atoms with Crippen LogP contribution in [0.3, 0.4) is 0 Å². The smallest absolute Gasteiger partial charge is 0.277 e. The summed E-state index contributed by atoms with van der Waals surface area (Å²) in [4.78, 5) is 14.2. The molecular formula is C18H17N3O2S. The van der Waals surface area contributed by atoms with Crippen LogP contribution in [0.4, 0.5) is 5.69 Å². The first-order valence-corrected chi connectivity index (χ1v) is 8.63. The second-order valence-electron chi connectivity index (χ2n) is 5.00. The Hall–Kier alpha value is -2.60. The van der Waals surface area contributed by atoms with Crippen molar-refractivity contribution in [1.29, 1.82) is 0 Å². The van der Waals surface area contributed by atoms with Gasteiger partial charge in [-0.25, -0.2) is 0 Å². The molecule has 2 aromatic carbocycles. The highest BCUT2D eigenvalue weighted by atomic mass is 32.2. The number of thioether (sulfide) groups is 1. The van der Waals surface area contributed by atoms with Crippen molar-refractivity contribution in [2.24, 2.45) is 0 Å². The average molecular weight is 339 g/mol. The van der Waals surface area contributed by atoms with E-state index in [1.807, 2.05) is 67.6 Å². The van der Waals surface area contributed by atoms with Crippen LogP contribution in [0, 0.1) is 0 Å². The van der Waals surface area contributed by atoms with E-state index in [1.54, 1.807) is 4.90 Å². The zero-order valence-electron chi connectivity index (χ0n) is 13.3. The number of benzene rings is 2. The first-order valence-electron chi connectivity index (χ1n) is 7.65. The Balaban J connectivity index is 1.63. The zero-order chi connectivity index (χ0) is 16.8. The van der Waals surface area contributed by atoms with Crippen molar-refractivity contribution in [1.82, 2.24) is 10.2 Å². The molecule has 0 spiro atoms.